The van der Waals surface area contributed by atoms with E-state index in [2.05, 4.69) is 10.3 Å². The molecule has 1 aromatic heterocycles. The van der Waals surface area contributed by atoms with Crippen LogP contribution in [0.3, 0.4) is 0 Å². The summed E-state index contributed by atoms with van der Waals surface area (Å²) in [6.45, 7) is 0. The lowest BCUT2D eigenvalue weighted by atomic mass is 10.2. The van der Waals surface area contributed by atoms with Crippen molar-refractivity contribution in [2.45, 2.75) is 5.16 Å². The van der Waals surface area contributed by atoms with Crippen LogP contribution >= 0.6 is 23.4 Å². The fourth-order valence-electron chi connectivity index (χ4n) is 2.43. The highest BCUT2D eigenvalue weighted by Crippen LogP contribution is 2.29. The number of thioether (sulfide) groups is 1. The first-order chi connectivity index (χ1) is 12.1. The summed E-state index contributed by atoms with van der Waals surface area (Å²) in [5.74, 6) is 0.242. The molecule has 0 aliphatic carbocycles. The molecule has 2 aromatic carbocycles. The van der Waals surface area contributed by atoms with E-state index in [9.17, 15) is 4.79 Å². The van der Waals surface area contributed by atoms with Gasteiger partial charge in [-0.05, 0) is 36.6 Å². The molecule has 25 heavy (non-hydrogen) atoms. The molecule has 0 saturated carbocycles. The lowest BCUT2D eigenvalue weighted by molar-refractivity contribution is 0.101. The maximum atomic E-state index is 12.8. The average Bonchev–Trinajstić information content (AvgIpc) is 3.07. The Labute approximate surface area is 155 Å². The minimum absolute atomic E-state index is 0.294. The van der Waals surface area contributed by atoms with E-state index >= 15 is 0 Å². The van der Waals surface area contributed by atoms with Gasteiger partial charge in [0.25, 0.3) is 5.91 Å². The second-order valence-electron chi connectivity index (χ2n) is 5.10. The lowest BCUT2D eigenvalue weighted by Crippen LogP contribution is -2.17. The molecule has 128 valence electrons. The molecule has 3 aromatic rings. The standard InChI is InChI=1S/C18H16ClN3O2S/c1-24-16-9-8-12(19)10-14(16)21-17(23)15-11-20-18(25-2)22(15)13-6-4-3-5-7-13/h3-11H,1-2H3,(H,21,23). The van der Waals surface area contributed by atoms with Crippen molar-refractivity contribution >= 4 is 35.0 Å². The highest BCUT2D eigenvalue weighted by atomic mass is 35.5. The van der Waals surface area contributed by atoms with Gasteiger partial charge in [0.15, 0.2) is 5.16 Å². The average molecular weight is 374 g/mol. The number of para-hydroxylation sites is 1. The third kappa shape index (κ3) is 3.65. The number of imidazole rings is 1. The molecule has 0 unspecified atom stereocenters. The summed E-state index contributed by atoms with van der Waals surface area (Å²) in [7, 11) is 1.54. The first-order valence-electron chi connectivity index (χ1n) is 7.46. The Bertz CT molecular complexity index is 897. The Kier molecular flexibility index (Phi) is 5.31. The van der Waals surface area contributed by atoms with Gasteiger partial charge in [-0.15, -0.1) is 0 Å². The van der Waals surface area contributed by atoms with Crippen LogP contribution in [-0.4, -0.2) is 28.8 Å². The highest BCUT2D eigenvalue weighted by Gasteiger charge is 2.19. The van der Waals surface area contributed by atoms with Gasteiger partial charge in [0, 0.05) is 10.7 Å². The Balaban J connectivity index is 1.99. The largest absolute Gasteiger partial charge is 0.495 e. The summed E-state index contributed by atoms with van der Waals surface area (Å²) < 4.78 is 7.09. The van der Waals surface area contributed by atoms with Gasteiger partial charge < -0.3 is 10.1 Å². The number of carbonyl (C=O) groups excluding carboxylic acids is 1. The summed E-state index contributed by atoms with van der Waals surface area (Å²) >= 11 is 7.50. The van der Waals surface area contributed by atoms with Crippen LogP contribution in [0.15, 0.2) is 59.9 Å². The molecule has 0 aliphatic heterocycles. The molecule has 0 atom stereocenters. The summed E-state index contributed by atoms with van der Waals surface area (Å²) in [5.41, 5.74) is 1.80. The van der Waals surface area contributed by atoms with E-state index < -0.39 is 0 Å². The number of aromatic nitrogens is 2. The Morgan fingerprint density at radius 2 is 2.00 bits per heavy atom. The molecule has 1 amide bonds. The van der Waals surface area contributed by atoms with Crippen molar-refractivity contribution in [1.82, 2.24) is 9.55 Å². The molecule has 3 rings (SSSR count). The van der Waals surface area contributed by atoms with Crippen LogP contribution in [0, 0.1) is 0 Å². The number of rotatable bonds is 5. The Morgan fingerprint density at radius 3 is 2.68 bits per heavy atom. The predicted molar refractivity (Wildman–Crippen MR) is 101 cm³/mol. The predicted octanol–water partition coefficient (Wildman–Crippen LogP) is 4.51. The van der Waals surface area contributed by atoms with Gasteiger partial charge in [0.1, 0.15) is 11.4 Å². The van der Waals surface area contributed by atoms with Crippen molar-refractivity contribution < 1.29 is 9.53 Å². The van der Waals surface area contributed by atoms with Gasteiger partial charge in [-0.25, -0.2) is 4.98 Å². The van der Waals surface area contributed by atoms with Crippen molar-refractivity contribution in [2.75, 3.05) is 18.7 Å². The van der Waals surface area contributed by atoms with Crippen LogP contribution in [0.25, 0.3) is 5.69 Å². The maximum absolute atomic E-state index is 12.8. The number of amides is 1. The quantitative estimate of drug-likeness (QED) is 0.668. The number of hydrogen-bond donors (Lipinski definition) is 1. The van der Waals surface area contributed by atoms with Gasteiger partial charge in [0.05, 0.1) is 19.0 Å². The zero-order valence-corrected chi connectivity index (χ0v) is 15.3. The second-order valence-corrected chi connectivity index (χ2v) is 6.31. The van der Waals surface area contributed by atoms with Crippen molar-refractivity contribution in [1.29, 1.82) is 0 Å². The van der Waals surface area contributed by atoms with Crippen LogP contribution in [0.5, 0.6) is 5.75 Å². The number of methoxy groups -OCH3 is 1. The van der Waals surface area contributed by atoms with E-state index in [-0.39, 0.29) is 5.91 Å². The minimum Gasteiger partial charge on any atom is -0.495 e. The molecule has 1 N–H and O–H groups in total. The van der Waals surface area contributed by atoms with Crippen molar-refractivity contribution in [3.63, 3.8) is 0 Å². The zero-order valence-electron chi connectivity index (χ0n) is 13.7. The number of nitrogens with zero attached hydrogens (tertiary/aromatic N) is 2. The van der Waals surface area contributed by atoms with Crippen molar-refractivity contribution in [3.05, 3.63) is 65.4 Å². The molecule has 0 aliphatic rings. The molecule has 0 radical (unpaired) electrons. The molecule has 1 heterocycles. The molecule has 5 nitrogen and oxygen atoms in total. The number of anilines is 1. The monoisotopic (exact) mass is 373 g/mol. The Hall–Kier alpha value is -2.44. The van der Waals surface area contributed by atoms with Gasteiger partial charge in [-0.2, -0.15) is 0 Å². The maximum Gasteiger partial charge on any atom is 0.274 e. The van der Waals surface area contributed by atoms with Crippen LogP contribution in [0.4, 0.5) is 5.69 Å². The van der Waals surface area contributed by atoms with E-state index in [0.717, 1.165) is 10.8 Å². The molecule has 0 spiro atoms. The Morgan fingerprint density at radius 1 is 1.24 bits per heavy atom. The van der Waals surface area contributed by atoms with Crippen molar-refractivity contribution in [3.8, 4) is 11.4 Å². The van der Waals surface area contributed by atoms with Gasteiger partial charge in [-0.1, -0.05) is 41.6 Å². The first kappa shape index (κ1) is 17.4. The van der Waals surface area contributed by atoms with Gasteiger partial charge >= 0.3 is 0 Å². The molecule has 0 fully saturated rings. The fraction of sp³-hybridized carbons (Fsp3) is 0.111. The smallest absolute Gasteiger partial charge is 0.274 e. The number of benzene rings is 2. The third-order valence-corrected chi connectivity index (χ3v) is 4.46. The van der Waals surface area contributed by atoms with E-state index in [0.29, 0.717) is 22.2 Å². The van der Waals surface area contributed by atoms with E-state index in [4.69, 9.17) is 16.3 Å². The first-order valence-corrected chi connectivity index (χ1v) is 9.06. The molecule has 7 heteroatoms. The molecule has 0 saturated heterocycles. The normalized spacial score (nSPS) is 10.5. The number of carbonyl (C=O) groups is 1. The lowest BCUT2D eigenvalue weighted by Gasteiger charge is -2.13. The summed E-state index contributed by atoms with van der Waals surface area (Å²) in [6.07, 6.45) is 3.48. The van der Waals surface area contributed by atoms with Gasteiger partial charge in [-0.3, -0.25) is 9.36 Å². The van der Waals surface area contributed by atoms with Crippen LogP contribution < -0.4 is 10.1 Å². The second kappa shape index (κ2) is 7.63. The van der Waals surface area contributed by atoms with E-state index in [1.54, 1.807) is 31.5 Å². The number of nitrogens with one attached hydrogen (secondary N) is 1. The molecule has 0 bridgehead atoms. The SMILES string of the molecule is COc1ccc(Cl)cc1NC(=O)c1cnc(SC)n1-c1ccccc1. The van der Waals surface area contributed by atoms with E-state index in [1.165, 1.54) is 11.8 Å². The highest BCUT2D eigenvalue weighted by molar-refractivity contribution is 7.98. The summed E-state index contributed by atoms with van der Waals surface area (Å²) in [5, 5.41) is 4.09. The van der Waals surface area contributed by atoms with Crippen LogP contribution in [0.2, 0.25) is 5.02 Å². The minimum atomic E-state index is -0.294. The molecular formula is C18H16ClN3O2S. The molecular weight excluding hydrogens is 358 g/mol. The third-order valence-electron chi connectivity index (χ3n) is 3.57. The number of hydrogen-bond acceptors (Lipinski definition) is 4. The summed E-state index contributed by atoms with van der Waals surface area (Å²) in [4.78, 5) is 17.2. The summed E-state index contributed by atoms with van der Waals surface area (Å²) in [6, 6.07) is 14.7. The number of ether oxygens (including phenoxy) is 1. The van der Waals surface area contributed by atoms with Crippen LogP contribution in [-0.2, 0) is 0 Å². The van der Waals surface area contributed by atoms with E-state index in [1.807, 2.05) is 41.2 Å². The number of halogens is 1. The fourth-order valence-corrected chi connectivity index (χ4v) is 3.15. The zero-order chi connectivity index (χ0) is 17.8. The van der Waals surface area contributed by atoms with Crippen LogP contribution in [0.1, 0.15) is 10.5 Å². The van der Waals surface area contributed by atoms with Crippen molar-refractivity contribution in [2.24, 2.45) is 0 Å². The van der Waals surface area contributed by atoms with Gasteiger partial charge in [0.2, 0.25) is 0 Å². The topological polar surface area (TPSA) is 56.1 Å².